The number of fused-ring (bicyclic) bond motifs is 1. The summed E-state index contributed by atoms with van der Waals surface area (Å²) < 4.78 is 5.30. The Morgan fingerprint density at radius 2 is 1.75 bits per heavy atom. The van der Waals surface area contributed by atoms with Gasteiger partial charge in [0.1, 0.15) is 5.52 Å². The summed E-state index contributed by atoms with van der Waals surface area (Å²) in [5, 5.41) is 0.533. The first kappa shape index (κ1) is 16.1. The van der Waals surface area contributed by atoms with Crippen LogP contribution in [-0.4, -0.2) is 27.8 Å². The topological polar surface area (TPSA) is 69.2 Å². The maximum atomic E-state index is 12.4. The summed E-state index contributed by atoms with van der Waals surface area (Å²) in [6.45, 7) is 1.53. The van der Waals surface area contributed by atoms with Gasteiger partial charge in [-0.15, -0.1) is 0 Å². The SMILES string of the molecule is CC(OC(=O)c1cccc2nccnc12)C(=O)c1ccc(Cl)cc1. The molecular formula is C18H13ClN2O3. The van der Waals surface area contributed by atoms with E-state index in [0.717, 1.165) is 0 Å². The van der Waals surface area contributed by atoms with Crippen LogP contribution >= 0.6 is 11.6 Å². The van der Waals surface area contributed by atoms with E-state index in [2.05, 4.69) is 9.97 Å². The highest BCUT2D eigenvalue weighted by Gasteiger charge is 2.22. The van der Waals surface area contributed by atoms with Crippen molar-refractivity contribution in [1.29, 1.82) is 0 Å². The number of aromatic nitrogens is 2. The molecule has 120 valence electrons. The first-order chi connectivity index (χ1) is 11.6. The Labute approximate surface area is 143 Å². The summed E-state index contributed by atoms with van der Waals surface area (Å²) in [5.74, 6) is -0.915. The van der Waals surface area contributed by atoms with Gasteiger partial charge >= 0.3 is 5.97 Å². The van der Waals surface area contributed by atoms with E-state index in [1.165, 1.54) is 13.1 Å². The normalized spacial score (nSPS) is 11.9. The molecule has 5 nitrogen and oxygen atoms in total. The Bertz CT molecular complexity index is 904. The van der Waals surface area contributed by atoms with Gasteiger partial charge in [-0.3, -0.25) is 14.8 Å². The van der Waals surface area contributed by atoms with Crippen LogP contribution in [0.3, 0.4) is 0 Å². The van der Waals surface area contributed by atoms with Crippen molar-refractivity contribution in [2.45, 2.75) is 13.0 Å². The van der Waals surface area contributed by atoms with E-state index in [1.807, 2.05) is 0 Å². The summed E-state index contributed by atoms with van der Waals surface area (Å²) in [6.07, 6.45) is 2.12. The molecule has 0 amide bonds. The molecule has 1 atom stereocenters. The molecule has 3 rings (SSSR count). The number of hydrogen-bond acceptors (Lipinski definition) is 5. The van der Waals surface area contributed by atoms with Gasteiger partial charge in [-0.2, -0.15) is 0 Å². The van der Waals surface area contributed by atoms with Crippen LogP contribution < -0.4 is 0 Å². The highest BCUT2D eigenvalue weighted by Crippen LogP contribution is 2.17. The van der Waals surface area contributed by atoms with Gasteiger partial charge in [0.15, 0.2) is 6.10 Å². The van der Waals surface area contributed by atoms with Crippen molar-refractivity contribution in [3.63, 3.8) is 0 Å². The average molecular weight is 341 g/mol. The largest absolute Gasteiger partial charge is 0.451 e. The summed E-state index contributed by atoms with van der Waals surface area (Å²) in [7, 11) is 0. The van der Waals surface area contributed by atoms with Crippen molar-refractivity contribution in [1.82, 2.24) is 9.97 Å². The molecule has 24 heavy (non-hydrogen) atoms. The molecule has 0 saturated heterocycles. The monoisotopic (exact) mass is 340 g/mol. The predicted octanol–water partition coefficient (Wildman–Crippen LogP) is 3.71. The zero-order chi connectivity index (χ0) is 17.1. The molecule has 0 aliphatic rings. The molecule has 0 aliphatic carbocycles. The van der Waals surface area contributed by atoms with Crippen molar-refractivity contribution in [2.75, 3.05) is 0 Å². The van der Waals surface area contributed by atoms with Crippen LogP contribution in [0, 0.1) is 0 Å². The fourth-order valence-electron chi connectivity index (χ4n) is 2.28. The maximum absolute atomic E-state index is 12.4. The fraction of sp³-hybridized carbons (Fsp3) is 0.111. The molecule has 0 spiro atoms. The van der Waals surface area contributed by atoms with Crippen molar-refractivity contribution in [3.8, 4) is 0 Å². The minimum absolute atomic E-state index is 0.274. The number of esters is 1. The second-order valence-electron chi connectivity index (χ2n) is 5.15. The van der Waals surface area contributed by atoms with Gasteiger partial charge < -0.3 is 4.74 Å². The second kappa shape index (κ2) is 6.76. The molecule has 3 aromatic rings. The molecule has 2 aromatic carbocycles. The third kappa shape index (κ3) is 3.26. The van der Waals surface area contributed by atoms with Crippen LogP contribution in [0.4, 0.5) is 0 Å². The van der Waals surface area contributed by atoms with Gasteiger partial charge in [-0.05, 0) is 43.3 Å². The van der Waals surface area contributed by atoms with E-state index in [-0.39, 0.29) is 11.3 Å². The van der Waals surface area contributed by atoms with Crippen molar-refractivity contribution in [3.05, 3.63) is 71.0 Å². The van der Waals surface area contributed by atoms with Gasteiger partial charge in [-0.1, -0.05) is 17.7 Å². The first-order valence-electron chi connectivity index (χ1n) is 7.27. The van der Waals surface area contributed by atoms with E-state index in [9.17, 15) is 9.59 Å². The summed E-state index contributed by atoms with van der Waals surface area (Å²) in [5.41, 5.74) is 1.73. The Hall–Kier alpha value is -2.79. The molecule has 0 saturated carbocycles. The number of Topliss-reactive ketones (excluding diaryl/α,β-unsaturated/α-hetero) is 1. The number of carbonyl (C=O) groups is 2. The highest BCUT2D eigenvalue weighted by molar-refractivity contribution is 6.30. The number of halogens is 1. The molecule has 0 radical (unpaired) electrons. The number of carbonyl (C=O) groups excluding carboxylic acids is 2. The molecule has 1 unspecified atom stereocenters. The van der Waals surface area contributed by atoms with Crippen molar-refractivity contribution < 1.29 is 14.3 Å². The average Bonchev–Trinajstić information content (AvgIpc) is 2.61. The second-order valence-corrected chi connectivity index (χ2v) is 5.58. The number of ketones is 1. The van der Waals surface area contributed by atoms with E-state index in [1.54, 1.807) is 48.7 Å². The Morgan fingerprint density at radius 3 is 2.50 bits per heavy atom. The Morgan fingerprint density at radius 1 is 1.04 bits per heavy atom. The van der Waals surface area contributed by atoms with Gasteiger partial charge in [-0.25, -0.2) is 4.79 Å². The molecule has 0 N–H and O–H groups in total. The zero-order valence-electron chi connectivity index (χ0n) is 12.8. The van der Waals surface area contributed by atoms with Crippen LogP contribution in [-0.2, 0) is 4.74 Å². The van der Waals surface area contributed by atoms with E-state index in [0.29, 0.717) is 21.6 Å². The lowest BCUT2D eigenvalue weighted by molar-refractivity contribution is 0.0320. The van der Waals surface area contributed by atoms with Crippen LogP contribution in [0.15, 0.2) is 54.9 Å². The highest BCUT2D eigenvalue weighted by atomic mass is 35.5. The molecular weight excluding hydrogens is 328 g/mol. The summed E-state index contributed by atoms with van der Waals surface area (Å²) in [6, 6.07) is 11.5. The third-order valence-electron chi connectivity index (χ3n) is 3.50. The Balaban J connectivity index is 1.80. The number of ether oxygens (including phenoxy) is 1. The van der Waals surface area contributed by atoms with Crippen molar-refractivity contribution >= 4 is 34.4 Å². The van der Waals surface area contributed by atoms with Gasteiger partial charge in [0.05, 0.1) is 11.1 Å². The number of rotatable bonds is 4. The summed E-state index contributed by atoms with van der Waals surface area (Å²) in [4.78, 5) is 33.0. The van der Waals surface area contributed by atoms with Gasteiger partial charge in [0.25, 0.3) is 0 Å². The van der Waals surface area contributed by atoms with Crippen LogP contribution in [0.5, 0.6) is 0 Å². The van der Waals surface area contributed by atoms with Crippen LogP contribution in [0.25, 0.3) is 11.0 Å². The smallest absolute Gasteiger partial charge is 0.341 e. The molecule has 6 heteroatoms. The number of nitrogens with zero attached hydrogens (tertiary/aromatic N) is 2. The third-order valence-corrected chi connectivity index (χ3v) is 3.75. The number of hydrogen-bond donors (Lipinski definition) is 0. The lowest BCUT2D eigenvalue weighted by Gasteiger charge is -2.13. The van der Waals surface area contributed by atoms with E-state index in [4.69, 9.17) is 16.3 Å². The van der Waals surface area contributed by atoms with Crippen LogP contribution in [0.1, 0.15) is 27.6 Å². The van der Waals surface area contributed by atoms with Gasteiger partial charge in [0, 0.05) is 23.0 Å². The lowest BCUT2D eigenvalue weighted by atomic mass is 10.1. The fourth-order valence-corrected chi connectivity index (χ4v) is 2.41. The van der Waals surface area contributed by atoms with Gasteiger partial charge in [0.2, 0.25) is 5.78 Å². The maximum Gasteiger partial charge on any atom is 0.341 e. The standard InChI is InChI=1S/C18H13ClN2O3/c1-11(17(22)12-5-7-13(19)8-6-12)24-18(23)14-3-2-4-15-16(14)21-10-9-20-15/h2-11H,1H3. The molecule has 0 bridgehead atoms. The van der Waals surface area contributed by atoms with E-state index >= 15 is 0 Å². The summed E-state index contributed by atoms with van der Waals surface area (Å²) >= 11 is 5.81. The molecule has 0 fully saturated rings. The lowest BCUT2D eigenvalue weighted by Crippen LogP contribution is -2.24. The molecule has 0 aliphatic heterocycles. The first-order valence-corrected chi connectivity index (χ1v) is 7.64. The quantitative estimate of drug-likeness (QED) is 0.535. The number of benzene rings is 2. The number of para-hydroxylation sites is 1. The Kier molecular flexibility index (Phi) is 4.53. The van der Waals surface area contributed by atoms with E-state index < -0.39 is 12.1 Å². The molecule has 1 heterocycles. The molecule has 1 aromatic heterocycles. The zero-order valence-corrected chi connectivity index (χ0v) is 13.5. The minimum Gasteiger partial charge on any atom is -0.451 e. The predicted molar refractivity (Wildman–Crippen MR) is 90.2 cm³/mol. The van der Waals surface area contributed by atoms with Crippen molar-refractivity contribution in [2.24, 2.45) is 0 Å². The minimum atomic E-state index is -0.925. The van der Waals surface area contributed by atoms with Crippen LogP contribution in [0.2, 0.25) is 5.02 Å².